The molecule has 0 radical (unpaired) electrons. The van der Waals surface area contributed by atoms with Crippen molar-refractivity contribution < 1.29 is 9.21 Å². The minimum atomic E-state index is -0.668. The van der Waals surface area contributed by atoms with Gasteiger partial charge in [-0.05, 0) is 44.0 Å². The molecule has 6 heteroatoms. The van der Waals surface area contributed by atoms with Crippen molar-refractivity contribution >= 4 is 38.4 Å². The van der Waals surface area contributed by atoms with Gasteiger partial charge in [0, 0.05) is 11.9 Å². The number of fused-ring (bicyclic) bond motifs is 2. The molecule has 0 saturated carbocycles. The lowest BCUT2D eigenvalue weighted by Gasteiger charge is -2.04. The van der Waals surface area contributed by atoms with E-state index in [0.29, 0.717) is 22.3 Å². The van der Waals surface area contributed by atoms with Crippen LogP contribution in [0, 0.1) is 13.8 Å². The molecule has 0 saturated heterocycles. The second-order valence-corrected chi connectivity index (χ2v) is 7.39. The van der Waals surface area contributed by atoms with Crippen LogP contribution in [0.25, 0.3) is 21.2 Å². The predicted molar refractivity (Wildman–Crippen MR) is 107 cm³/mol. The van der Waals surface area contributed by atoms with Crippen molar-refractivity contribution in [3.63, 3.8) is 0 Å². The van der Waals surface area contributed by atoms with Crippen LogP contribution in [0.2, 0.25) is 0 Å². The van der Waals surface area contributed by atoms with Crippen molar-refractivity contribution in [2.24, 2.45) is 4.99 Å². The van der Waals surface area contributed by atoms with E-state index in [2.05, 4.69) is 17.1 Å². The summed E-state index contributed by atoms with van der Waals surface area (Å²) in [6, 6.07) is 12.8. The summed E-state index contributed by atoms with van der Waals surface area (Å²) in [6.07, 6.45) is 0. The number of rotatable bonds is 2. The zero-order chi connectivity index (χ0) is 19.1. The summed E-state index contributed by atoms with van der Waals surface area (Å²) in [6.45, 7) is 6.79. The van der Waals surface area contributed by atoms with Gasteiger partial charge < -0.3 is 8.98 Å². The van der Waals surface area contributed by atoms with Crippen molar-refractivity contribution in [1.29, 1.82) is 0 Å². The Bertz CT molecular complexity index is 1330. The minimum Gasteiger partial charge on any atom is -0.422 e. The third-order valence-electron chi connectivity index (χ3n) is 4.61. The normalized spacial score (nSPS) is 12.2. The van der Waals surface area contributed by atoms with Crippen molar-refractivity contribution in [3.8, 4) is 0 Å². The van der Waals surface area contributed by atoms with Crippen LogP contribution in [0.1, 0.15) is 28.4 Å². The largest absolute Gasteiger partial charge is 0.422 e. The highest BCUT2D eigenvalue weighted by Gasteiger charge is 2.15. The third kappa shape index (κ3) is 2.92. The van der Waals surface area contributed by atoms with Crippen LogP contribution in [0.3, 0.4) is 0 Å². The van der Waals surface area contributed by atoms with Crippen LogP contribution < -0.4 is 10.4 Å². The number of para-hydroxylation sites is 1. The summed E-state index contributed by atoms with van der Waals surface area (Å²) < 4.78 is 8.39. The van der Waals surface area contributed by atoms with E-state index in [0.717, 1.165) is 21.3 Å². The van der Waals surface area contributed by atoms with E-state index in [4.69, 9.17) is 4.42 Å². The van der Waals surface area contributed by atoms with Crippen molar-refractivity contribution in [2.45, 2.75) is 27.3 Å². The Morgan fingerprint density at radius 3 is 2.67 bits per heavy atom. The van der Waals surface area contributed by atoms with Gasteiger partial charge in [0.05, 0.1) is 10.2 Å². The van der Waals surface area contributed by atoms with Crippen LogP contribution in [-0.4, -0.2) is 10.5 Å². The van der Waals surface area contributed by atoms with Gasteiger partial charge in [-0.25, -0.2) is 4.79 Å². The highest BCUT2D eigenvalue weighted by molar-refractivity contribution is 7.16. The SMILES string of the molecule is CCn1c(=NC(=O)c2cc3ccccc3oc2=O)sc2c(C)ccc(C)c21. The number of amides is 1. The van der Waals surface area contributed by atoms with Gasteiger partial charge in [0.15, 0.2) is 4.80 Å². The molecule has 0 atom stereocenters. The summed E-state index contributed by atoms with van der Waals surface area (Å²) in [5.41, 5.74) is 3.09. The molecular weight excluding hydrogens is 360 g/mol. The number of hydrogen-bond donors (Lipinski definition) is 0. The average molecular weight is 378 g/mol. The molecule has 0 N–H and O–H groups in total. The molecule has 0 aliphatic heterocycles. The molecule has 136 valence electrons. The van der Waals surface area contributed by atoms with Gasteiger partial charge in [-0.1, -0.05) is 41.7 Å². The quantitative estimate of drug-likeness (QED) is 0.491. The number of hydrogen-bond acceptors (Lipinski definition) is 4. The highest BCUT2D eigenvalue weighted by Crippen LogP contribution is 2.25. The van der Waals surface area contributed by atoms with Crippen molar-refractivity contribution in [3.05, 3.63) is 74.4 Å². The van der Waals surface area contributed by atoms with E-state index in [-0.39, 0.29) is 5.56 Å². The van der Waals surface area contributed by atoms with E-state index in [1.807, 2.05) is 31.4 Å². The Hall–Kier alpha value is -2.99. The summed E-state index contributed by atoms with van der Waals surface area (Å²) in [5, 5.41) is 0.696. The second-order valence-electron chi connectivity index (χ2n) is 6.41. The molecular formula is C21H18N2O3S. The zero-order valence-corrected chi connectivity index (χ0v) is 16.1. The molecule has 4 aromatic rings. The summed E-state index contributed by atoms with van der Waals surface area (Å²) in [4.78, 5) is 29.9. The van der Waals surface area contributed by atoms with Gasteiger partial charge >= 0.3 is 5.63 Å². The van der Waals surface area contributed by atoms with Crippen molar-refractivity contribution in [2.75, 3.05) is 0 Å². The van der Waals surface area contributed by atoms with Gasteiger partial charge in [-0.2, -0.15) is 4.99 Å². The summed E-state index contributed by atoms with van der Waals surface area (Å²) in [5.74, 6) is -0.585. The van der Waals surface area contributed by atoms with E-state index >= 15 is 0 Å². The fourth-order valence-electron chi connectivity index (χ4n) is 3.21. The lowest BCUT2D eigenvalue weighted by atomic mass is 10.1. The number of nitrogens with zero attached hydrogens (tertiary/aromatic N) is 2. The molecule has 2 aromatic heterocycles. The third-order valence-corrected chi connectivity index (χ3v) is 5.82. The maximum atomic E-state index is 12.8. The van der Waals surface area contributed by atoms with Gasteiger partial charge in [-0.3, -0.25) is 4.79 Å². The number of aromatic nitrogens is 1. The minimum absolute atomic E-state index is 0.0535. The molecule has 27 heavy (non-hydrogen) atoms. The van der Waals surface area contributed by atoms with Gasteiger partial charge in [0.25, 0.3) is 5.91 Å². The molecule has 0 aliphatic rings. The Balaban J connectivity index is 1.93. The van der Waals surface area contributed by atoms with Crippen LogP contribution in [0.4, 0.5) is 0 Å². The smallest absolute Gasteiger partial charge is 0.349 e. The fraction of sp³-hybridized carbons (Fsp3) is 0.190. The van der Waals surface area contributed by atoms with Gasteiger partial charge in [-0.15, -0.1) is 0 Å². The van der Waals surface area contributed by atoms with Crippen LogP contribution in [0.15, 0.2) is 56.7 Å². The van der Waals surface area contributed by atoms with Crippen LogP contribution in [-0.2, 0) is 6.54 Å². The number of benzene rings is 2. The number of aryl methyl sites for hydroxylation is 3. The number of thiazole rings is 1. The first-order valence-corrected chi connectivity index (χ1v) is 9.52. The highest BCUT2D eigenvalue weighted by atomic mass is 32.1. The topological polar surface area (TPSA) is 64.6 Å². The first-order chi connectivity index (χ1) is 13.0. The molecule has 2 aromatic carbocycles. The number of carbonyl (C=O) groups is 1. The fourth-order valence-corrected chi connectivity index (χ4v) is 4.45. The van der Waals surface area contributed by atoms with E-state index < -0.39 is 11.5 Å². The van der Waals surface area contributed by atoms with Gasteiger partial charge in [0.1, 0.15) is 11.1 Å². The molecule has 0 spiro atoms. The predicted octanol–water partition coefficient (Wildman–Crippen LogP) is 4.19. The van der Waals surface area contributed by atoms with E-state index in [1.54, 1.807) is 24.3 Å². The number of carbonyl (C=O) groups excluding carboxylic acids is 1. The van der Waals surface area contributed by atoms with Crippen LogP contribution in [0.5, 0.6) is 0 Å². The average Bonchev–Trinajstić information content (AvgIpc) is 3.03. The summed E-state index contributed by atoms with van der Waals surface area (Å²) in [7, 11) is 0. The molecule has 1 amide bonds. The van der Waals surface area contributed by atoms with Gasteiger partial charge in [0.2, 0.25) is 0 Å². The monoisotopic (exact) mass is 378 g/mol. The van der Waals surface area contributed by atoms with E-state index in [1.165, 1.54) is 11.3 Å². The first-order valence-electron chi connectivity index (χ1n) is 8.71. The second kappa shape index (κ2) is 6.63. The standard InChI is InChI=1S/C21H18N2O3S/c1-4-23-17-12(2)9-10-13(3)18(17)27-21(23)22-19(24)15-11-14-7-5-6-8-16(14)26-20(15)25/h5-11H,4H2,1-3H3. The van der Waals surface area contributed by atoms with Crippen molar-refractivity contribution in [1.82, 2.24) is 4.57 Å². The molecule has 4 rings (SSSR count). The molecule has 0 aliphatic carbocycles. The molecule has 0 bridgehead atoms. The lowest BCUT2D eigenvalue weighted by Crippen LogP contribution is -2.19. The molecule has 2 heterocycles. The van der Waals surface area contributed by atoms with E-state index in [9.17, 15) is 9.59 Å². The summed E-state index contributed by atoms with van der Waals surface area (Å²) >= 11 is 1.46. The zero-order valence-electron chi connectivity index (χ0n) is 15.3. The molecule has 0 fully saturated rings. The maximum absolute atomic E-state index is 12.8. The first kappa shape index (κ1) is 17.4. The Morgan fingerprint density at radius 2 is 1.89 bits per heavy atom. The molecule has 0 unspecified atom stereocenters. The lowest BCUT2D eigenvalue weighted by molar-refractivity contribution is 0.0994. The Kier molecular flexibility index (Phi) is 4.28. The molecule has 5 nitrogen and oxygen atoms in total. The Labute approximate surface area is 159 Å². The van der Waals surface area contributed by atoms with Crippen LogP contribution >= 0.6 is 11.3 Å². The Morgan fingerprint density at radius 1 is 1.15 bits per heavy atom. The maximum Gasteiger partial charge on any atom is 0.349 e.